The molecular formula is C23H30N4O3. The van der Waals surface area contributed by atoms with Crippen LogP contribution in [0.4, 0.5) is 0 Å². The number of hydrogen-bond donors (Lipinski definition) is 1. The van der Waals surface area contributed by atoms with E-state index in [1.165, 1.54) is 0 Å². The summed E-state index contributed by atoms with van der Waals surface area (Å²) in [5.74, 6) is 0.735. The van der Waals surface area contributed by atoms with Crippen LogP contribution < -0.4 is 4.74 Å². The van der Waals surface area contributed by atoms with Crippen molar-refractivity contribution < 1.29 is 14.6 Å². The molecule has 1 aromatic carbocycles. The number of nitrogens with zero attached hydrogens (tertiary/aromatic N) is 4. The highest BCUT2D eigenvalue weighted by Crippen LogP contribution is 2.26. The number of rotatable bonds is 6. The summed E-state index contributed by atoms with van der Waals surface area (Å²) in [6, 6.07) is 7.94. The number of methoxy groups -OCH3 is 1. The van der Waals surface area contributed by atoms with Crippen molar-refractivity contribution in [2.24, 2.45) is 0 Å². The normalized spacial score (nSPS) is 19.4. The number of aliphatic hydroxyl groups is 1. The molecule has 2 aliphatic heterocycles. The van der Waals surface area contributed by atoms with Crippen LogP contribution in [0, 0.1) is 0 Å². The molecule has 1 unspecified atom stereocenters. The van der Waals surface area contributed by atoms with Gasteiger partial charge in [0.2, 0.25) is 0 Å². The molecule has 0 bridgehead atoms. The van der Waals surface area contributed by atoms with Crippen LogP contribution in [0.5, 0.6) is 5.75 Å². The highest BCUT2D eigenvalue weighted by molar-refractivity contribution is 5.94. The van der Waals surface area contributed by atoms with Crippen molar-refractivity contribution in [1.82, 2.24) is 19.6 Å². The number of carbonyl (C=O) groups is 1. The van der Waals surface area contributed by atoms with E-state index < -0.39 is 6.10 Å². The van der Waals surface area contributed by atoms with Gasteiger partial charge in [-0.2, -0.15) is 5.10 Å². The van der Waals surface area contributed by atoms with Gasteiger partial charge in [-0.3, -0.25) is 14.4 Å². The molecule has 0 spiro atoms. The maximum atomic E-state index is 13.3. The van der Waals surface area contributed by atoms with E-state index in [-0.39, 0.29) is 5.91 Å². The average molecular weight is 411 g/mol. The molecule has 30 heavy (non-hydrogen) atoms. The number of likely N-dealkylation sites (tertiary alicyclic amines) is 1. The zero-order chi connectivity index (χ0) is 21.1. The Morgan fingerprint density at radius 3 is 3.03 bits per heavy atom. The number of ether oxygens (including phenoxy) is 1. The summed E-state index contributed by atoms with van der Waals surface area (Å²) in [6.07, 6.45) is 3.86. The topological polar surface area (TPSA) is 70.8 Å². The molecule has 3 heterocycles. The molecule has 7 nitrogen and oxygen atoms in total. The molecule has 4 rings (SSSR count). The zero-order valence-electron chi connectivity index (χ0n) is 17.6. The minimum atomic E-state index is -0.449. The van der Waals surface area contributed by atoms with Crippen LogP contribution >= 0.6 is 0 Å². The van der Waals surface area contributed by atoms with Crippen LogP contribution in [0.1, 0.15) is 40.2 Å². The highest BCUT2D eigenvalue weighted by Gasteiger charge is 2.31. The van der Waals surface area contributed by atoms with E-state index in [2.05, 4.69) is 11.5 Å². The van der Waals surface area contributed by atoms with Crippen LogP contribution in [-0.2, 0) is 19.5 Å². The largest absolute Gasteiger partial charge is 0.497 e. The standard InChI is InChI=1S/C23H30N4O3/c1-3-10-25-12-9-21-20(16-25)22(23(29)26-11-5-7-18(28)15-26)24-27(21)14-17-6-4-8-19(13-17)30-2/h3-4,6,8,13,18,28H,1,5,7,9-12,14-16H2,2H3. The zero-order valence-corrected chi connectivity index (χ0v) is 17.6. The average Bonchev–Trinajstić information content (AvgIpc) is 3.11. The number of amides is 1. The summed E-state index contributed by atoms with van der Waals surface area (Å²) in [6.45, 7) is 7.89. The lowest BCUT2D eigenvalue weighted by Gasteiger charge is -2.30. The second-order valence-electron chi connectivity index (χ2n) is 8.10. The number of benzene rings is 1. The molecule has 1 atom stereocenters. The first kappa shape index (κ1) is 20.6. The molecule has 1 fully saturated rings. The third-order valence-electron chi connectivity index (χ3n) is 5.95. The van der Waals surface area contributed by atoms with Crippen molar-refractivity contribution in [3.8, 4) is 5.75 Å². The van der Waals surface area contributed by atoms with Gasteiger partial charge in [0.1, 0.15) is 5.75 Å². The second-order valence-corrected chi connectivity index (χ2v) is 8.10. The van der Waals surface area contributed by atoms with Gasteiger partial charge in [0.15, 0.2) is 5.69 Å². The van der Waals surface area contributed by atoms with Crippen LogP contribution in [0.2, 0.25) is 0 Å². The quantitative estimate of drug-likeness (QED) is 0.739. The molecule has 1 saturated heterocycles. The Bertz CT molecular complexity index is 923. The number of carbonyl (C=O) groups excluding carboxylic acids is 1. The van der Waals surface area contributed by atoms with Crippen LogP contribution in [0.25, 0.3) is 0 Å². The first-order chi connectivity index (χ1) is 14.6. The second kappa shape index (κ2) is 9.02. The van der Waals surface area contributed by atoms with E-state index in [0.717, 1.165) is 54.9 Å². The molecule has 2 aromatic rings. The van der Waals surface area contributed by atoms with E-state index >= 15 is 0 Å². The lowest BCUT2D eigenvalue weighted by atomic mass is 10.0. The van der Waals surface area contributed by atoms with E-state index in [1.54, 1.807) is 12.0 Å². The van der Waals surface area contributed by atoms with Gasteiger partial charge in [0, 0.05) is 50.4 Å². The molecule has 1 aromatic heterocycles. The lowest BCUT2D eigenvalue weighted by Crippen LogP contribution is -2.43. The van der Waals surface area contributed by atoms with Crippen LogP contribution in [0.15, 0.2) is 36.9 Å². The van der Waals surface area contributed by atoms with Crippen molar-refractivity contribution >= 4 is 5.91 Å². The van der Waals surface area contributed by atoms with Crippen LogP contribution in [-0.4, -0.2) is 70.0 Å². The van der Waals surface area contributed by atoms with Crippen molar-refractivity contribution in [3.63, 3.8) is 0 Å². The maximum Gasteiger partial charge on any atom is 0.274 e. The Kier molecular flexibility index (Phi) is 6.20. The summed E-state index contributed by atoms with van der Waals surface area (Å²) in [5, 5.41) is 14.8. The fraction of sp³-hybridized carbons (Fsp3) is 0.478. The molecule has 2 aliphatic rings. The summed E-state index contributed by atoms with van der Waals surface area (Å²) in [5.41, 5.74) is 3.74. The van der Waals surface area contributed by atoms with Crippen molar-refractivity contribution in [3.05, 3.63) is 59.4 Å². The van der Waals surface area contributed by atoms with E-state index in [4.69, 9.17) is 9.84 Å². The SMILES string of the molecule is C=CCN1CCc2c(c(C(=O)N3CCCC(O)C3)nn2Cc2cccc(OC)c2)C1. The lowest BCUT2D eigenvalue weighted by molar-refractivity contribution is 0.0466. The molecule has 0 aliphatic carbocycles. The summed E-state index contributed by atoms with van der Waals surface area (Å²) >= 11 is 0. The summed E-state index contributed by atoms with van der Waals surface area (Å²) in [7, 11) is 1.66. The molecule has 160 valence electrons. The Balaban J connectivity index is 1.66. The van der Waals surface area contributed by atoms with Gasteiger partial charge in [-0.25, -0.2) is 0 Å². The number of hydrogen-bond acceptors (Lipinski definition) is 5. The molecular weight excluding hydrogens is 380 g/mol. The van der Waals surface area contributed by atoms with Gasteiger partial charge in [-0.1, -0.05) is 18.2 Å². The van der Waals surface area contributed by atoms with E-state index in [1.807, 2.05) is 35.0 Å². The van der Waals surface area contributed by atoms with Crippen LogP contribution in [0.3, 0.4) is 0 Å². The number of β-amino-alcohol motifs (C(OH)–C–C–N with tert-alkyl or cyclic N) is 1. The first-order valence-electron chi connectivity index (χ1n) is 10.6. The Labute approximate surface area is 177 Å². The molecule has 0 saturated carbocycles. The van der Waals surface area contributed by atoms with E-state index in [9.17, 15) is 9.90 Å². The molecule has 1 N–H and O–H groups in total. The van der Waals surface area contributed by atoms with Gasteiger partial charge < -0.3 is 14.7 Å². The monoisotopic (exact) mass is 410 g/mol. The van der Waals surface area contributed by atoms with Gasteiger partial charge >= 0.3 is 0 Å². The summed E-state index contributed by atoms with van der Waals surface area (Å²) in [4.78, 5) is 17.4. The predicted octanol–water partition coefficient (Wildman–Crippen LogP) is 2.08. The first-order valence-corrected chi connectivity index (χ1v) is 10.6. The fourth-order valence-electron chi connectivity index (χ4n) is 4.42. The van der Waals surface area contributed by atoms with Gasteiger partial charge in [-0.15, -0.1) is 6.58 Å². The third kappa shape index (κ3) is 4.27. The fourth-order valence-corrected chi connectivity index (χ4v) is 4.42. The predicted molar refractivity (Wildman–Crippen MR) is 115 cm³/mol. The minimum Gasteiger partial charge on any atom is -0.497 e. The van der Waals surface area contributed by atoms with Gasteiger partial charge in [0.25, 0.3) is 5.91 Å². The number of piperidine rings is 1. The third-order valence-corrected chi connectivity index (χ3v) is 5.95. The molecule has 7 heteroatoms. The minimum absolute atomic E-state index is 0.0742. The van der Waals surface area contributed by atoms with Gasteiger partial charge in [0.05, 0.1) is 19.8 Å². The van der Waals surface area contributed by atoms with Crippen molar-refractivity contribution in [2.75, 3.05) is 33.3 Å². The Morgan fingerprint density at radius 1 is 1.40 bits per heavy atom. The molecule has 1 amide bonds. The van der Waals surface area contributed by atoms with E-state index in [0.29, 0.717) is 31.9 Å². The van der Waals surface area contributed by atoms with Crippen molar-refractivity contribution in [2.45, 2.75) is 38.5 Å². The summed E-state index contributed by atoms with van der Waals surface area (Å²) < 4.78 is 7.32. The van der Waals surface area contributed by atoms with Crippen molar-refractivity contribution in [1.29, 1.82) is 0 Å². The highest BCUT2D eigenvalue weighted by atomic mass is 16.5. The Morgan fingerprint density at radius 2 is 2.27 bits per heavy atom. The number of aliphatic hydroxyl groups excluding tert-OH is 1. The number of fused-ring (bicyclic) bond motifs is 1. The number of aromatic nitrogens is 2. The maximum absolute atomic E-state index is 13.3. The smallest absolute Gasteiger partial charge is 0.274 e. The Hall–Kier alpha value is -2.64. The molecule has 0 radical (unpaired) electrons. The van der Waals surface area contributed by atoms with Gasteiger partial charge in [-0.05, 0) is 30.5 Å².